The number of carbonyl (C=O) groups is 1. The number of esters is 1. The Morgan fingerprint density at radius 3 is 2.48 bits per heavy atom. The molecule has 0 aromatic carbocycles. The molecule has 0 radical (unpaired) electrons. The van der Waals surface area contributed by atoms with Gasteiger partial charge in [-0.3, -0.25) is 0 Å². The summed E-state index contributed by atoms with van der Waals surface area (Å²) in [5, 5.41) is 0. The minimum atomic E-state index is -0.137. The summed E-state index contributed by atoms with van der Waals surface area (Å²) >= 11 is 0. The predicted octanol–water partition coefficient (Wildman–Crippen LogP) is 3.84. The third kappa shape index (κ3) is 5.55. The molecule has 4 heteroatoms. The highest BCUT2D eigenvalue weighted by Gasteiger charge is 2.29. The van der Waals surface area contributed by atoms with Gasteiger partial charge in [0.2, 0.25) is 0 Å². The maximum atomic E-state index is 11.8. The van der Waals surface area contributed by atoms with Gasteiger partial charge in [-0.05, 0) is 50.6 Å². The van der Waals surface area contributed by atoms with Gasteiger partial charge in [0.15, 0.2) is 0 Å². The third-order valence-electron chi connectivity index (χ3n) is 5.33. The Balaban J connectivity index is 0.00000151. The number of carbonyl (C=O) groups excluding carboxylic acids is 1. The van der Waals surface area contributed by atoms with Crippen molar-refractivity contribution in [3.05, 3.63) is 35.5 Å². The fourth-order valence-corrected chi connectivity index (χ4v) is 3.99. The first-order valence-electron chi connectivity index (χ1n) is 9.63. The summed E-state index contributed by atoms with van der Waals surface area (Å²) in [6, 6.07) is 0. The van der Waals surface area contributed by atoms with E-state index in [1.165, 1.54) is 30.4 Å². The van der Waals surface area contributed by atoms with Crippen LogP contribution < -0.4 is 5.73 Å². The van der Waals surface area contributed by atoms with Crippen molar-refractivity contribution < 1.29 is 9.53 Å². The zero-order chi connectivity index (χ0) is 18.8. The molecular weight excluding hydrogens is 312 g/mol. The summed E-state index contributed by atoms with van der Waals surface area (Å²) in [4.78, 5) is 14.2. The van der Waals surface area contributed by atoms with Crippen molar-refractivity contribution >= 4 is 5.97 Å². The van der Waals surface area contributed by atoms with E-state index in [0.717, 1.165) is 38.0 Å². The second-order valence-electron chi connectivity index (χ2n) is 6.66. The first-order chi connectivity index (χ1) is 12.1. The number of ether oxygens (including phenoxy) is 1. The number of hydrogen-bond donors (Lipinski definition) is 1. The molecule has 1 heterocycles. The zero-order valence-corrected chi connectivity index (χ0v) is 16.4. The zero-order valence-electron chi connectivity index (χ0n) is 16.4. The number of hydrogen-bond acceptors (Lipinski definition) is 4. The summed E-state index contributed by atoms with van der Waals surface area (Å²) in [7, 11) is 0. The lowest BCUT2D eigenvalue weighted by atomic mass is 9.86. The van der Waals surface area contributed by atoms with E-state index >= 15 is 0 Å². The predicted molar refractivity (Wildman–Crippen MR) is 105 cm³/mol. The summed E-state index contributed by atoms with van der Waals surface area (Å²) in [6.07, 6.45) is 5.87. The van der Waals surface area contributed by atoms with Gasteiger partial charge in [-0.1, -0.05) is 25.8 Å². The van der Waals surface area contributed by atoms with Crippen molar-refractivity contribution in [3.63, 3.8) is 0 Å². The van der Waals surface area contributed by atoms with Crippen molar-refractivity contribution in [2.75, 3.05) is 32.8 Å². The van der Waals surface area contributed by atoms with Crippen LogP contribution in [-0.2, 0) is 9.53 Å². The standard InChI is InChI=1S/C19H32N2O2.C2H4/c1-4-16-15(12-21(5-2)11-10-20)8-6-7-9-17(16)18-13-23-19(22)14(18)3;1-2/h15H,4-13,20H2,1-3H3;1-2H2. The summed E-state index contributed by atoms with van der Waals surface area (Å²) in [5.41, 5.74) is 10.7. The molecule has 0 bridgehead atoms. The Morgan fingerprint density at radius 2 is 1.96 bits per heavy atom. The Kier molecular flexibility index (Phi) is 9.76. The van der Waals surface area contributed by atoms with Crippen LogP contribution in [0.25, 0.3) is 0 Å². The summed E-state index contributed by atoms with van der Waals surface area (Å²) in [5.74, 6) is 0.446. The number of nitrogens with zero attached hydrogens (tertiary/aromatic N) is 1. The molecule has 0 saturated carbocycles. The van der Waals surface area contributed by atoms with Crippen LogP contribution in [0.3, 0.4) is 0 Å². The van der Waals surface area contributed by atoms with Crippen LogP contribution in [0.4, 0.5) is 0 Å². The van der Waals surface area contributed by atoms with Gasteiger partial charge in [-0.15, -0.1) is 13.2 Å². The highest BCUT2D eigenvalue weighted by atomic mass is 16.5. The Labute approximate surface area is 153 Å². The highest BCUT2D eigenvalue weighted by Crippen LogP contribution is 2.37. The lowest BCUT2D eigenvalue weighted by Gasteiger charge is -2.28. The topological polar surface area (TPSA) is 55.6 Å². The van der Waals surface area contributed by atoms with Crippen LogP contribution in [-0.4, -0.2) is 43.7 Å². The van der Waals surface area contributed by atoms with Crippen molar-refractivity contribution in [2.24, 2.45) is 11.7 Å². The molecule has 2 rings (SSSR count). The summed E-state index contributed by atoms with van der Waals surface area (Å²) < 4.78 is 5.27. The van der Waals surface area contributed by atoms with E-state index in [1.54, 1.807) is 5.57 Å². The Morgan fingerprint density at radius 1 is 1.24 bits per heavy atom. The van der Waals surface area contributed by atoms with Crippen LogP contribution in [0, 0.1) is 5.92 Å². The molecule has 1 atom stereocenters. The fourth-order valence-electron chi connectivity index (χ4n) is 3.99. The van der Waals surface area contributed by atoms with Gasteiger partial charge >= 0.3 is 5.97 Å². The molecule has 2 N–H and O–H groups in total. The molecular formula is C21H36N2O2. The monoisotopic (exact) mass is 348 g/mol. The molecule has 0 aromatic rings. The van der Waals surface area contributed by atoms with Crippen LogP contribution in [0.1, 0.15) is 52.9 Å². The fraction of sp³-hybridized carbons (Fsp3) is 0.667. The van der Waals surface area contributed by atoms with Gasteiger partial charge in [0.25, 0.3) is 0 Å². The third-order valence-corrected chi connectivity index (χ3v) is 5.33. The quantitative estimate of drug-likeness (QED) is 0.561. The minimum absolute atomic E-state index is 0.137. The van der Waals surface area contributed by atoms with Gasteiger partial charge in [0.05, 0.1) is 0 Å². The molecule has 2 aliphatic rings. The molecule has 1 unspecified atom stereocenters. The summed E-state index contributed by atoms with van der Waals surface area (Å²) in [6.45, 7) is 16.6. The number of cyclic esters (lactones) is 1. The van der Waals surface area contributed by atoms with Gasteiger partial charge in [0, 0.05) is 30.8 Å². The van der Waals surface area contributed by atoms with Crippen molar-refractivity contribution in [2.45, 2.75) is 52.9 Å². The van der Waals surface area contributed by atoms with Crippen LogP contribution in [0.5, 0.6) is 0 Å². The van der Waals surface area contributed by atoms with E-state index in [-0.39, 0.29) is 5.97 Å². The maximum Gasteiger partial charge on any atom is 0.334 e. The molecule has 142 valence electrons. The van der Waals surface area contributed by atoms with Crippen molar-refractivity contribution in [1.82, 2.24) is 4.90 Å². The van der Waals surface area contributed by atoms with E-state index in [2.05, 4.69) is 31.9 Å². The van der Waals surface area contributed by atoms with E-state index in [0.29, 0.717) is 19.1 Å². The second kappa shape index (κ2) is 11.3. The average Bonchev–Trinajstić information content (AvgIpc) is 2.85. The Bertz CT molecular complexity index is 508. The molecule has 1 aliphatic heterocycles. The largest absolute Gasteiger partial charge is 0.457 e. The minimum Gasteiger partial charge on any atom is -0.457 e. The highest BCUT2D eigenvalue weighted by molar-refractivity contribution is 5.92. The van der Waals surface area contributed by atoms with E-state index in [9.17, 15) is 4.79 Å². The average molecular weight is 349 g/mol. The van der Waals surface area contributed by atoms with Crippen LogP contribution in [0.15, 0.2) is 35.5 Å². The lowest BCUT2D eigenvalue weighted by molar-refractivity contribution is -0.135. The number of nitrogens with two attached hydrogens (primary N) is 1. The number of rotatable bonds is 7. The van der Waals surface area contributed by atoms with Gasteiger partial charge < -0.3 is 15.4 Å². The van der Waals surface area contributed by atoms with Gasteiger partial charge in [-0.2, -0.15) is 0 Å². The molecule has 25 heavy (non-hydrogen) atoms. The molecule has 1 aliphatic carbocycles. The molecule has 0 saturated heterocycles. The first kappa shape index (κ1) is 21.7. The number of likely N-dealkylation sites (N-methyl/N-ethyl adjacent to an activating group) is 1. The SMILES string of the molecule is C=C.CCC1=C(C2=C(C)C(=O)OC2)CCCCC1CN(CC)CCN. The second-order valence-corrected chi connectivity index (χ2v) is 6.66. The first-order valence-corrected chi connectivity index (χ1v) is 9.63. The lowest BCUT2D eigenvalue weighted by Crippen LogP contribution is -2.34. The molecule has 0 fully saturated rings. The van der Waals surface area contributed by atoms with Gasteiger partial charge in [-0.25, -0.2) is 4.79 Å². The molecule has 0 aromatic heterocycles. The smallest absolute Gasteiger partial charge is 0.334 e. The van der Waals surface area contributed by atoms with E-state index in [1.807, 2.05) is 6.92 Å². The molecule has 0 amide bonds. The van der Waals surface area contributed by atoms with E-state index < -0.39 is 0 Å². The van der Waals surface area contributed by atoms with Crippen LogP contribution in [0.2, 0.25) is 0 Å². The maximum absolute atomic E-state index is 11.8. The normalized spacial score (nSPS) is 21.2. The van der Waals surface area contributed by atoms with Crippen molar-refractivity contribution in [3.8, 4) is 0 Å². The molecule has 0 spiro atoms. The van der Waals surface area contributed by atoms with Crippen molar-refractivity contribution in [1.29, 1.82) is 0 Å². The van der Waals surface area contributed by atoms with E-state index in [4.69, 9.17) is 10.5 Å². The Hall–Kier alpha value is -1.39. The van der Waals surface area contributed by atoms with Crippen LogP contribution >= 0.6 is 0 Å². The molecule has 4 nitrogen and oxygen atoms in total. The van der Waals surface area contributed by atoms with Gasteiger partial charge in [0.1, 0.15) is 6.61 Å².